The van der Waals surface area contributed by atoms with Crippen LogP contribution in [0.1, 0.15) is 28.7 Å². The maximum atomic E-state index is 6.21. The molecule has 2 N–H and O–H groups in total. The van der Waals surface area contributed by atoms with Crippen molar-refractivity contribution < 1.29 is 4.42 Å². The van der Waals surface area contributed by atoms with E-state index in [1.165, 1.54) is 0 Å². The molecule has 0 aliphatic rings. The van der Waals surface area contributed by atoms with Crippen molar-refractivity contribution >= 4 is 15.9 Å². The van der Waals surface area contributed by atoms with Gasteiger partial charge in [-0.15, -0.1) is 0 Å². The first-order chi connectivity index (χ1) is 7.58. The molecule has 0 aliphatic heterocycles. The Morgan fingerprint density at radius 3 is 2.31 bits per heavy atom. The highest BCUT2D eigenvalue weighted by Gasteiger charge is 2.14. The fourth-order valence-electron chi connectivity index (χ4n) is 1.81. The lowest BCUT2D eigenvalue weighted by atomic mass is 10.0. The van der Waals surface area contributed by atoms with Gasteiger partial charge in [-0.25, -0.2) is 0 Å². The summed E-state index contributed by atoms with van der Waals surface area (Å²) >= 11 is 3.41. The van der Waals surface area contributed by atoms with Crippen molar-refractivity contribution in [3.05, 3.63) is 57.5 Å². The van der Waals surface area contributed by atoms with Gasteiger partial charge in [0.2, 0.25) is 0 Å². The Labute approximate surface area is 104 Å². The molecule has 1 heterocycles. The molecule has 1 aromatic heterocycles. The van der Waals surface area contributed by atoms with Crippen molar-refractivity contribution in [2.75, 3.05) is 0 Å². The van der Waals surface area contributed by atoms with Gasteiger partial charge in [0, 0.05) is 10.0 Å². The van der Waals surface area contributed by atoms with Gasteiger partial charge in [-0.2, -0.15) is 0 Å². The number of hydrogen-bond acceptors (Lipinski definition) is 2. The second-order valence-electron chi connectivity index (χ2n) is 3.90. The van der Waals surface area contributed by atoms with Gasteiger partial charge in [0.15, 0.2) is 0 Å². The first-order valence-corrected chi connectivity index (χ1v) is 5.95. The SMILES string of the molecule is Cc1cc(C(N)c2ccc(Br)cc2)c(C)o1. The maximum absolute atomic E-state index is 6.21. The molecule has 0 aliphatic carbocycles. The number of nitrogens with two attached hydrogens (primary N) is 1. The molecule has 1 unspecified atom stereocenters. The Morgan fingerprint density at radius 2 is 1.81 bits per heavy atom. The molecule has 0 amide bonds. The highest BCUT2D eigenvalue weighted by Crippen LogP contribution is 2.26. The zero-order valence-corrected chi connectivity index (χ0v) is 10.9. The summed E-state index contributed by atoms with van der Waals surface area (Å²) in [6, 6.07) is 9.93. The third-order valence-electron chi connectivity index (χ3n) is 2.64. The molecule has 0 fully saturated rings. The molecule has 16 heavy (non-hydrogen) atoms. The summed E-state index contributed by atoms with van der Waals surface area (Å²) in [6.07, 6.45) is 0. The number of rotatable bonds is 2. The Hall–Kier alpha value is -1.06. The number of halogens is 1. The summed E-state index contributed by atoms with van der Waals surface area (Å²) in [7, 11) is 0. The minimum atomic E-state index is -0.120. The van der Waals surface area contributed by atoms with Crippen LogP contribution in [0.3, 0.4) is 0 Å². The Balaban J connectivity index is 2.35. The Bertz CT molecular complexity index is 487. The fraction of sp³-hybridized carbons (Fsp3) is 0.231. The van der Waals surface area contributed by atoms with Crippen molar-refractivity contribution in [3.8, 4) is 0 Å². The van der Waals surface area contributed by atoms with Crippen LogP contribution in [0, 0.1) is 13.8 Å². The van der Waals surface area contributed by atoms with E-state index in [2.05, 4.69) is 15.9 Å². The molecule has 0 radical (unpaired) electrons. The van der Waals surface area contributed by atoms with Gasteiger partial charge in [0.05, 0.1) is 6.04 Å². The number of aryl methyl sites for hydroxylation is 2. The molecule has 2 nitrogen and oxygen atoms in total. The average molecular weight is 280 g/mol. The molecule has 1 atom stereocenters. The molecular formula is C13H14BrNO. The monoisotopic (exact) mass is 279 g/mol. The number of furan rings is 1. The van der Waals surface area contributed by atoms with Crippen molar-refractivity contribution in [2.45, 2.75) is 19.9 Å². The molecule has 0 saturated carbocycles. The smallest absolute Gasteiger partial charge is 0.106 e. The van der Waals surface area contributed by atoms with Crippen LogP contribution in [0.5, 0.6) is 0 Å². The molecule has 84 valence electrons. The minimum absolute atomic E-state index is 0.120. The van der Waals surface area contributed by atoms with Gasteiger partial charge in [-0.05, 0) is 37.6 Å². The molecule has 0 spiro atoms. The first-order valence-electron chi connectivity index (χ1n) is 5.16. The van der Waals surface area contributed by atoms with E-state index >= 15 is 0 Å². The van der Waals surface area contributed by atoms with E-state index in [9.17, 15) is 0 Å². The van der Waals surface area contributed by atoms with Crippen LogP contribution in [0.4, 0.5) is 0 Å². The van der Waals surface area contributed by atoms with Crippen molar-refractivity contribution in [1.29, 1.82) is 0 Å². The van der Waals surface area contributed by atoms with Crippen LogP contribution < -0.4 is 5.73 Å². The standard InChI is InChI=1S/C13H14BrNO/c1-8-7-12(9(2)16-8)13(15)10-3-5-11(14)6-4-10/h3-7,13H,15H2,1-2H3. The molecule has 2 aromatic rings. The lowest BCUT2D eigenvalue weighted by Crippen LogP contribution is -2.11. The molecule has 0 saturated heterocycles. The zero-order chi connectivity index (χ0) is 11.7. The highest BCUT2D eigenvalue weighted by molar-refractivity contribution is 9.10. The second-order valence-corrected chi connectivity index (χ2v) is 4.81. The number of hydrogen-bond donors (Lipinski definition) is 1. The molecular weight excluding hydrogens is 266 g/mol. The van der Waals surface area contributed by atoms with Gasteiger partial charge in [0.1, 0.15) is 11.5 Å². The first kappa shape index (κ1) is 11.4. The average Bonchev–Trinajstić information content (AvgIpc) is 2.58. The van der Waals surface area contributed by atoms with Gasteiger partial charge in [-0.3, -0.25) is 0 Å². The zero-order valence-electron chi connectivity index (χ0n) is 9.33. The van der Waals surface area contributed by atoms with Crippen LogP contribution in [0.25, 0.3) is 0 Å². The van der Waals surface area contributed by atoms with Crippen LogP contribution in [-0.4, -0.2) is 0 Å². The van der Waals surface area contributed by atoms with E-state index in [1.807, 2.05) is 44.2 Å². The lowest BCUT2D eigenvalue weighted by Gasteiger charge is -2.11. The normalized spacial score (nSPS) is 12.8. The molecule has 1 aromatic carbocycles. The fourth-order valence-corrected chi connectivity index (χ4v) is 2.07. The van der Waals surface area contributed by atoms with E-state index in [0.717, 1.165) is 27.1 Å². The van der Waals surface area contributed by atoms with Crippen molar-refractivity contribution in [1.82, 2.24) is 0 Å². The minimum Gasteiger partial charge on any atom is -0.466 e. The van der Waals surface area contributed by atoms with Crippen LogP contribution in [-0.2, 0) is 0 Å². The van der Waals surface area contributed by atoms with Gasteiger partial charge >= 0.3 is 0 Å². The number of benzene rings is 1. The largest absolute Gasteiger partial charge is 0.466 e. The summed E-state index contributed by atoms with van der Waals surface area (Å²) in [4.78, 5) is 0. The van der Waals surface area contributed by atoms with Gasteiger partial charge in [0.25, 0.3) is 0 Å². The topological polar surface area (TPSA) is 39.2 Å². The maximum Gasteiger partial charge on any atom is 0.106 e. The lowest BCUT2D eigenvalue weighted by molar-refractivity contribution is 0.499. The van der Waals surface area contributed by atoms with Crippen LogP contribution in [0.15, 0.2) is 39.2 Å². The van der Waals surface area contributed by atoms with E-state index in [1.54, 1.807) is 0 Å². The Kier molecular flexibility index (Phi) is 3.17. The van der Waals surface area contributed by atoms with Crippen LogP contribution >= 0.6 is 15.9 Å². The quantitative estimate of drug-likeness (QED) is 0.910. The molecule has 0 bridgehead atoms. The third kappa shape index (κ3) is 2.20. The Morgan fingerprint density at radius 1 is 1.19 bits per heavy atom. The summed E-state index contributed by atoms with van der Waals surface area (Å²) in [6.45, 7) is 3.88. The summed E-state index contributed by atoms with van der Waals surface area (Å²) in [5.74, 6) is 1.80. The van der Waals surface area contributed by atoms with E-state index in [4.69, 9.17) is 10.2 Å². The summed E-state index contributed by atoms with van der Waals surface area (Å²) < 4.78 is 6.55. The molecule has 3 heteroatoms. The van der Waals surface area contributed by atoms with E-state index in [0.29, 0.717) is 0 Å². The third-order valence-corrected chi connectivity index (χ3v) is 3.17. The summed E-state index contributed by atoms with van der Waals surface area (Å²) in [5, 5.41) is 0. The van der Waals surface area contributed by atoms with E-state index in [-0.39, 0.29) is 6.04 Å². The van der Waals surface area contributed by atoms with Gasteiger partial charge in [-0.1, -0.05) is 28.1 Å². The predicted octanol–water partition coefficient (Wildman–Crippen LogP) is 3.71. The predicted molar refractivity (Wildman–Crippen MR) is 68.4 cm³/mol. The van der Waals surface area contributed by atoms with Crippen LogP contribution in [0.2, 0.25) is 0 Å². The summed E-state index contributed by atoms with van der Waals surface area (Å²) in [5.41, 5.74) is 8.35. The van der Waals surface area contributed by atoms with Crippen molar-refractivity contribution in [3.63, 3.8) is 0 Å². The second kappa shape index (κ2) is 4.44. The highest BCUT2D eigenvalue weighted by atomic mass is 79.9. The van der Waals surface area contributed by atoms with Crippen molar-refractivity contribution in [2.24, 2.45) is 5.73 Å². The van der Waals surface area contributed by atoms with Gasteiger partial charge < -0.3 is 10.2 Å². The molecule has 2 rings (SSSR count). The van der Waals surface area contributed by atoms with E-state index < -0.39 is 0 Å².